The van der Waals surface area contributed by atoms with Gasteiger partial charge in [-0.15, -0.1) is 5.48 Å². The minimum Gasteiger partial charge on any atom is -0.390 e. The van der Waals surface area contributed by atoms with Gasteiger partial charge in [-0.3, -0.25) is 0 Å². The first-order valence-corrected chi connectivity index (χ1v) is 3.81. The van der Waals surface area contributed by atoms with Gasteiger partial charge in [-0.2, -0.15) is 0 Å². The zero-order chi connectivity index (χ0) is 8.39. The van der Waals surface area contributed by atoms with Crippen molar-refractivity contribution in [2.24, 2.45) is 5.73 Å². The van der Waals surface area contributed by atoms with Gasteiger partial charge in [0, 0.05) is 6.08 Å². The lowest BCUT2D eigenvalue weighted by Crippen LogP contribution is -2.13. The summed E-state index contributed by atoms with van der Waals surface area (Å²) in [6.45, 7) is 0. The molecule has 0 fully saturated rings. The van der Waals surface area contributed by atoms with Crippen LogP contribution < -0.4 is 11.2 Å². The van der Waals surface area contributed by atoms with Gasteiger partial charge >= 0.3 is 0 Å². The fraction of sp³-hybridized carbons (Fsp3) is 0.111. The Morgan fingerprint density at radius 2 is 2.00 bits per heavy atom. The van der Waals surface area contributed by atoms with Crippen LogP contribution in [0.2, 0.25) is 0 Å². The first-order chi connectivity index (χ1) is 5.86. The lowest BCUT2D eigenvalue weighted by Gasteiger charge is -2.06. The molecule has 2 rings (SSSR count). The van der Waals surface area contributed by atoms with Crippen molar-refractivity contribution >= 4 is 0 Å². The Kier molecular flexibility index (Phi) is 1.72. The molecule has 0 aliphatic carbocycles. The van der Waals surface area contributed by atoms with Crippen molar-refractivity contribution in [3.8, 4) is 0 Å². The van der Waals surface area contributed by atoms with Crippen LogP contribution in [0.25, 0.3) is 0 Å². The molecule has 1 atom stereocenters. The predicted octanol–water partition coefficient (Wildman–Crippen LogP) is 1.06. The molecule has 3 nitrogen and oxygen atoms in total. The van der Waals surface area contributed by atoms with E-state index in [4.69, 9.17) is 10.6 Å². The number of benzene rings is 1. The Morgan fingerprint density at radius 3 is 2.58 bits per heavy atom. The lowest BCUT2D eigenvalue weighted by atomic mass is 10.1. The molecule has 62 valence electrons. The van der Waals surface area contributed by atoms with Crippen LogP contribution in [0.3, 0.4) is 0 Å². The zero-order valence-electron chi connectivity index (χ0n) is 6.53. The van der Waals surface area contributed by atoms with Crippen LogP contribution in [-0.2, 0) is 4.84 Å². The second-order valence-electron chi connectivity index (χ2n) is 2.68. The van der Waals surface area contributed by atoms with Gasteiger partial charge in [0.05, 0.1) is 6.04 Å². The van der Waals surface area contributed by atoms with Gasteiger partial charge in [0.1, 0.15) is 0 Å². The second-order valence-corrected chi connectivity index (χ2v) is 2.68. The molecule has 1 aromatic rings. The zero-order valence-corrected chi connectivity index (χ0v) is 6.53. The Bertz CT molecular complexity index is 295. The smallest absolute Gasteiger partial charge is 0.207 e. The fourth-order valence-corrected chi connectivity index (χ4v) is 1.19. The molecular formula is C9H10N2O. The van der Waals surface area contributed by atoms with E-state index in [1.165, 1.54) is 0 Å². The van der Waals surface area contributed by atoms with Crippen molar-refractivity contribution in [1.82, 2.24) is 5.48 Å². The third-order valence-electron chi connectivity index (χ3n) is 1.79. The van der Waals surface area contributed by atoms with E-state index in [0.29, 0.717) is 5.88 Å². The molecule has 0 amide bonds. The third kappa shape index (κ3) is 1.26. The second kappa shape index (κ2) is 2.87. The van der Waals surface area contributed by atoms with Gasteiger partial charge in [-0.1, -0.05) is 30.3 Å². The molecule has 0 radical (unpaired) electrons. The van der Waals surface area contributed by atoms with E-state index in [-0.39, 0.29) is 6.04 Å². The Balaban J connectivity index is 2.22. The van der Waals surface area contributed by atoms with Gasteiger partial charge in [0.2, 0.25) is 5.88 Å². The van der Waals surface area contributed by atoms with Gasteiger partial charge in [-0.25, -0.2) is 0 Å². The molecule has 1 unspecified atom stereocenters. The molecular weight excluding hydrogens is 152 g/mol. The maximum Gasteiger partial charge on any atom is 0.207 e. The van der Waals surface area contributed by atoms with Gasteiger partial charge in [0.15, 0.2) is 0 Å². The SMILES string of the molecule is NC1=CC(c2ccccc2)NO1. The Hall–Kier alpha value is -1.48. The summed E-state index contributed by atoms with van der Waals surface area (Å²) in [4.78, 5) is 4.91. The quantitative estimate of drug-likeness (QED) is 0.649. The van der Waals surface area contributed by atoms with Crippen LogP contribution >= 0.6 is 0 Å². The number of nitrogens with two attached hydrogens (primary N) is 1. The highest BCUT2D eigenvalue weighted by Crippen LogP contribution is 2.18. The van der Waals surface area contributed by atoms with E-state index in [1.807, 2.05) is 36.4 Å². The summed E-state index contributed by atoms with van der Waals surface area (Å²) in [5.74, 6) is 0.434. The maximum atomic E-state index is 5.44. The molecule has 0 aromatic heterocycles. The largest absolute Gasteiger partial charge is 0.390 e. The summed E-state index contributed by atoms with van der Waals surface area (Å²) >= 11 is 0. The van der Waals surface area contributed by atoms with E-state index in [2.05, 4.69) is 5.48 Å². The Labute approximate surface area is 70.8 Å². The third-order valence-corrected chi connectivity index (χ3v) is 1.79. The minimum atomic E-state index is 0.0891. The summed E-state index contributed by atoms with van der Waals surface area (Å²) in [6.07, 6.45) is 1.84. The molecule has 1 aliphatic rings. The van der Waals surface area contributed by atoms with Crippen molar-refractivity contribution in [3.05, 3.63) is 47.9 Å². The number of hydrogen-bond acceptors (Lipinski definition) is 3. The Morgan fingerprint density at radius 1 is 1.25 bits per heavy atom. The molecule has 12 heavy (non-hydrogen) atoms. The van der Waals surface area contributed by atoms with Gasteiger partial charge in [0.25, 0.3) is 0 Å². The first kappa shape index (κ1) is 7.18. The van der Waals surface area contributed by atoms with E-state index < -0.39 is 0 Å². The molecule has 3 N–H and O–H groups in total. The van der Waals surface area contributed by atoms with Gasteiger partial charge < -0.3 is 10.6 Å². The van der Waals surface area contributed by atoms with Crippen LogP contribution in [0.15, 0.2) is 42.3 Å². The highest BCUT2D eigenvalue weighted by molar-refractivity contribution is 5.24. The lowest BCUT2D eigenvalue weighted by molar-refractivity contribution is 0.114. The summed E-state index contributed by atoms with van der Waals surface area (Å²) in [6, 6.07) is 10.1. The normalized spacial score (nSPS) is 21.7. The molecule has 0 saturated carbocycles. The van der Waals surface area contributed by atoms with Crippen molar-refractivity contribution in [2.75, 3.05) is 0 Å². The highest BCUT2D eigenvalue weighted by atomic mass is 16.7. The molecule has 0 saturated heterocycles. The van der Waals surface area contributed by atoms with E-state index in [0.717, 1.165) is 5.56 Å². The molecule has 1 aromatic carbocycles. The summed E-state index contributed by atoms with van der Waals surface area (Å²) < 4.78 is 0. The van der Waals surface area contributed by atoms with E-state index in [9.17, 15) is 0 Å². The summed E-state index contributed by atoms with van der Waals surface area (Å²) in [7, 11) is 0. The number of nitrogens with one attached hydrogen (secondary N) is 1. The van der Waals surface area contributed by atoms with Crippen molar-refractivity contribution < 1.29 is 4.84 Å². The average molecular weight is 162 g/mol. The molecule has 1 aliphatic heterocycles. The monoisotopic (exact) mass is 162 g/mol. The van der Waals surface area contributed by atoms with Crippen molar-refractivity contribution in [3.63, 3.8) is 0 Å². The van der Waals surface area contributed by atoms with Crippen LogP contribution in [0.1, 0.15) is 11.6 Å². The molecule has 3 heteroatoms. The van der Waals surface area contributed by atoms with Crippen LogP contribution in [0.5, 0.6) is 0 Å². The maximum absolute atomic E-state index is 5.44. The average Bonchev–Trinajstić information content (AvgIpc) is 2.54. The number of hydroxylamine groups is 1. The molecule has 0 bridgehead atoms. The first-order valence-electron chi connectivity index (χ1n) is 3.81. The highest BCUT2D eigenvalue weighted by Gasteiger charge is 2.15. The van der Waals surface area contributed by atoms with Crippen LogP contribution in [0, 0.1) is 0 Å². The minimum absolute atomic E-state index is 0.0891. The standard InChI is InChI=1S/C9H10N2O/c10-9-6-8(11-12-9)7-4-2-1-3-5-7/h1-6,8,11H,10H2. The van der Waals surface area contributed by atoms with Crippen molar-refractivity contribution in [1.29, 1.82) is 0 Å². The van der Waals surface area contributed by atoms with E-state index in [1.54, 1.807) is 0 Å². The summed E-state index contributed by atoms with van der Waals surface area (Å²) in [5, 5.41) is 0. The van der Waals surface area contributed by atoms with E-state index >= 15 is 0 Å². The number of rotatable bonds is 1. The molecule has 0 spiro atoms. The predicted molar refractivity (Wildman–Crippen MR) is 45.7 cm³/mol. The molecule has 1 heterocycles. The van der Waals surface area contributed by atoms with Gasteiger partial charge in [-0.05, 0) is 5.56 Å². The van der Waals surface area contributed by atoms with Crippen LogP contribution in [-0.4, -0.2) is 0 Å². The summed E-state index contributed by atoms with van der Waals surface area (Å²) in [5.41, 5.74) is 9.39. The van der Waals surface area contributed by atoms with Crippen LogP contribution in [0.4, 0.5) is 0 Å². The topological polar surface area (TPSA) is 47.3 Å². The van der Waals surface area contributed by atoms with Crippen molar-refractivity contribution in [2.45, 2.75) is 6.04 Å². The fourth-order valence-electron chi connectivity index (χ4n) is 1.19. The number of hydrogen-bond donors (Lipinski definition) is 2.